The van der Waals surface area contributed by atoms with Crippen LogP contribution in [0.25, 0.3) is 0 Å². The normalized spacial score (nSPS) is 36.0. The Bertz CT molecular complexity index is 847. The van der Waals surface area contributed by atoms with Gasteiger partial charge >= 0.3 is 6.09 Å². The van der Waals surface area contributed by atoms with Gasteiger partial charge in [0.05, 0.1) is 23.8 Å². The highest BCUT2D eigenvalue weighted by Crippen LogP contribution is 2.59. The zero-order chi connectivity index (χ0) is 20.5. The Balaban J connectivity index is 1.82. The molecule has 0 radical (unpaired) electrons. The van der Waals surface area contributed by atoms with Crippen molar-refractivity contribution in [2.45, 2.75) is 44.7 Å². The van der Waals surface area contributed by atoms with Gasteiger partial charge in [0.25, 0.3) is 0 Å². The van der Waals surface area contributed by atoms with Gasteiger partial charge in [-0.05, 0) is 27.8 Å². The monoisotopic (exact) mass is 391 g/mol. The molecule has 152 valence electrons. The Morgan fingerprint density at radius 1 is 1.32 bits per heavy atom. The number of carbonyl (C=O) groups is 3. The number of piperazine rings is 1. The third-order valence-electron chi connectivity index (χ3n) is 6.24. The van der Waals surface area contributed by atoms with Crippen LogP contribution in [0.15, 0.2) is 22.6 Å². The number of Topliss-reactive ketones (excluding diaryl/α,β-unsaturated/α-hetero) is 2. The van der Waals surface area contributed by atoms with Crippen molar-refractivity contribution in [2.24, 2.45) is 11.7 Å². The number of hydrogen-bond donors (Lipinski definition) is 1. The number of likely N-dealkylation sites (N-methyl/N-ethyl adjacent to an activating group) is 1. The van der Waals surface area contributed by atoms with Gasteiger partial charge in [0.1, 0.15) is 6.61 Å². The molecule has 3 aliphatic heterocycles. The second-order valence-electron chi connectivity index (χ2n) is 7.97. The number of allylic oxidation sites excluding steroid dienone is 2. The van der Waals surface area contributed by atoms with Crippen LogP contribution in [0.5, 0.6) is 0 Å². The minimum atomic E-state index is -0.960. The molecule has 9 nitrogen and oxygen atoms in total. The molecule has 5 unspecified atom stereocenters. The first-order valence-corrected chi connectivity index (χ1v) is 9.34. The average Bonchev–Trinajstić information content (AvgIpc) is 3.01. The summed E-state index contributed by atoms with van der Waals surface area (Å²) >= 11 is 0. The molecule has 1 amide bonds. The molecular weight excluding hydrogens is 366 g/mol. The summed E-state index contributed by atoms with van der Waals surface area (Å²) in [5, 5.41) is 0. The minimum absolute atomic E-state index is 0.0139. The second kappa shape index (κ2) is 6.05. The molecule has 28 heavy (non-hydrogen) atoms. The van der Waals surface area contributed by atoms with Crippen LogP contribution in [0.2, 0.25) is 0 Å². The number of hydrogen-bond acceptors (Lipinski definition) is 8. The molecule has 0 saturated carbocycles. The second-order valence-corrected chi connectivity index (χ2v) is 7.97. The van der Waals surface area contributed by atoms with E-state index in [4.69, 9.17) is 19.9 Å². The van der Waals surface area contributed by atoms with Gasteiger partial charge in [-0.3, -0.25) is 14.5 Å². The maximum Gasteiger partial charge on any atom is 0.404 e. The van der Waals surface area contributed by atoms with Crippen LogP contribution in [-0.2, 0) is 23.8 Å². The van der Waals surface area contributed by atoms with E-state index in [0.717, 1.165) is 0 Å². The molecule has 0 spiro atoms. The maximum absolute atomic E-state index is 13.4. The van der Waals surface area contributed by atoms with Gasteiger partial charge in [-0.15, -0.1) is 0 Å². The summed E-state index contributed by atoms with van der Waals surface area (Å²) < 4.78 is 16.8. The van der Waals surface area contributed by atoms with Gasteiger partial charge in [-0.2, -0.15) is 0 Å². The van der Waals surface area contributed by atoms with E-state index < -0.39 is 17.7 Å². The van der Waals surface area contributed by atoms with E-state index in [1.54, 1.807) is 27.9 Å². The molecule has 4 rings (SSSR count). The molecule has 3 heterocycles. The molecule has 5 atom stereocenters. The summed E-state index contributed by atoms with van der Waals surface area (Å²) in [6.45, 7) is 5.61. The van der Waals surface area contributed by atoms with Crippen LogP contribution < -0.4 is 5.73 Å². The molecule has 2 fully saturated rings. The predicted molar refractivity (Wildman–Crippen MR) is 96.8 cm³/mol. The number of nitrogens with zero attached hydrogens (tertiary/aromatic N) is 2. The molecule has 9 heteroatoms. The third kappa shape index (κ3) is 2.23. The first-order valence-electron chi connectivity index (χ1n) is 9.34. The number of fused-ring (bicyclic) bond motifs is 4. The lowest BCUT2D eigenvalue weighted by molar-refractivity contribution is -0.144. The Labute approximate surface area is 163 Å². The molecule has 1 aliphatic carbocycles. The summed E-state index contributed by atoms with van der Waals surface area (Å²) in [5.74, 6) is -1.20. The molecule has 0 bridgehead atoms. The number of ketones is 2. The number of amides is 1. The Kier molecular flexibility index (Phi) is 4.10. The van der Waals surface area contributed by atoms with Gasteiger partial charge in [-0.25, -0.2) is 4.79 Å². The largest absolute Gasteiger partial charge is 0.486 e. The van der Waals surface area contributed by atoms with Crippen molar-refractivity contribution in [3.8, 4) is 0 Å². The first-order chi connectivity index (χ1) is 13.2. The fraction of sp³-hybridized carbons (Fsp3) is 0.632. The third-order valence-corrected chi connectivity index (χ3v) is 6.24. The number of methoxy groups -OCH3 is 1. The lowest BCUT2D eigenvalue weighted by Gasteiger charge is -2.40. The molecule has 2 saturated heterocycles. The van der Waals surface area contributed by atoms with Crippen LogP contribution in [0.3, 0.4) is 0 Å². The van der Waals surface area contributed by atoms with Crippen molar-refractivity contribution in [1.29, 1.82) is 0 Å². The van der Waals surface area contributed by atoms with Crippen LogP contribution in [-0.4, -0.2) is 78.7 Å². The van der Waals surface area contributed by atoms with Gasteiger partial charge < -0.3 is 24.8 Å². The highest BCUT2D eigenvalue weighted by molar-refractivity contribution is 6.25. The molecule has 0 aromatic rings. The smallest absolute Gasteiger partial charge is 0.404 e. The quantitative estimate of drug-likeness (QED) is 0.521. The SMILES string of the molecule is COC12C(COC(N)=O)C3=C(C(=O)C(C)=C(OC(C)C)C3=O)N1CC1C2N1C. The number of carbonyl (C=O) groups excluding carboxylic acids is 3. The number of ether oxygens (including phenoxy) is 3. The molecule has 4 aliphatic rings. The van der Waals surface area contributed by atoms with E-state index in [1.165, 1.54) is 0 Å². The van der Waals surface area contributed by atoms with E-state index in [1.807, 2.05) is 11.9 Å². The summed E-state index contributed by atoms with van der Waals surface area (Å²) in [7, 11) is 3.52. The molecule has 2 N–H and O–H groups in total. The van der Waals surface area contributed by atoms with Crippen LogP contribution in [0, 0.1) is 5.92 Å². The van der Waals surface area contributed by atoms with Crippen molar-refractivity contribution in [1.82, 2.24) is 9.80 Å². The van der Waals surface area contributed by atoms with Crippen LogP contribution >= 0.6 is 0 Å². The lowest BCUT2D eigenvalue weighted by Crippen LogP contribution is -2.55. The Hall–Kier alpha value is -2.39. The number of nitrogens with two attached hydrogens (primary N) is 1. The fourth-order valence-corrected chi connectivity index (χ4v) is 5.07. The predicted octanol–water partition coefficient (Wildman–Crippen LogP) is 0.157. The zero-order valence-corrected chi connectivity index (χ0v) is 16.6. The Morgan fingerprint density at radius 3 is 2.57 bits per heavy atom. The van der Waals surface area contributed by atoms with Crippen molar-refractivity contribution in [2.75, 3.05) is 27.3 Å². The summed E-state index contributed by atoms with van der Waals surface area (Å²) in [5.41, 5.74) is 5.12. The summed E-state index contributed by atoms with van der Waals surface area (Å²) in [6, 6.07) is 0.200. The van der Waals surface area contributed by atoms with Crippen LogP contribution in [0.1, 0.15) is 20.8 Å². The van der Waals surface area contributed by atoms with E-state index in [-0.39, 0.29) is 53.3 Å². The summed E-state index contributed by atoms with van der Waals surface area (Å²) in [4.78, 5) is 41.9. The molecule has 0 aromatic carbocycles. The average molecular weight is 391 g/mol. The van der Waals surface area contributed by atoms with Crippen LogP contribution in [0.4, 0.5) is 4.79 Å². The van der Waals surface area contributed by atoms with E-state index in [0.29, 0.717) is 12.2 Å². The Morgan fingerprint density at radius 2 is 2.00 bits per heavy atom. The summed E-state index contributed by atoms with van der Waals surface area (Å²) in [6.07, 6.45) is -1.20. The van der Waals surface area contributed by atoms with Gasteiger partial charge in [0.15, 0.2) is 11.5 Å². The number of rotatable bonds is 5. The molecular formula is C19H25N3O6. The van der Waals surface area contributed by atoms with Gasteiger partial charge in [0.2, 0.25) is 11.6 Å². The maximum atomic E-state index is 13.4. The van der Waals surface area contributed by atoms with Crippen molar-refractivity contribution in [3.63, 3.8) is 0 Å². The van der Waals surface area contributed by atoms with E-state index in [2.05, 4.69) is 4.90 Å². The fourth-order valence-electron chi connectivity index (χ4n) is 5.07. The van der Waals surface area contributed by atoms with Gasteiger partial charge in [-0.1, -0.05) is 0 Å². The zero-order valence-electron chi connectivity index (χ0n) is 16.6. The highest BCUT2D eigenvalue weighted by Gasteiger charge is 2.75. The highest BCUT2D eigenvalue weighted by atomic mass is 16.6. The number of primary amides is 1. The van der Waals surface area contributed by atoms with Crippen molar-refractivity contribution in [3.05, 3.63) is 22.6 Å². The standard InChI is InChI=1S/C19H25N3O6/c1-8(2)28-16-9(3)14(23)13-12(15(16)24)10(7-27-18(20)25)19(26-5)17-11(21(17)4)6-22(13)19/h8,10-11,17H,6-7H2,1-5H3,(H2,20,25). The topological polar surface area (TPSA) is 111 Å². The van der Waals surface area contributed by atoms with E-state index >= 15 is 0 Å². The van der Waals surface area contributed by atoms with Gasteiger partial charge in [0, 0.05) is 30.8 Å². The lowest BCUT2D eigenvalue weighted by atomic mass is 9.83. The molecule has 0 aromatic heterocycles. The van der Waals surface area contributed by atoms with E-state index in [9.17, 15) is 14.4 Å². The van der Waals surface area contributed by atoms with Crippen molar-refractivity contribution < 1.29 is 28.6 Å². The first kappa shape index (κ1) is 18.9. The van der Waals surface area contributed by atoms with Crippen molar-refractivity contribution >= 4 is 17.7 Å². The minimum Gasteiger partial charge on any atom is -0.486 e.